The molecule has 1 aliphatic rings. The lowest BCUT2D eigenvalue weighted by atomic mass is 9.97. The Morgan fingerprint density at radius 2 is 1.82 bits per heavy atom. The van der Waals surface area contributed by atoms with Crippen LogP contribution in [0, 0.1) is 5.92 Å². The maximum atomic E-state index is 13.0. The molecule has 0 spiro atoms. The first-order chi connectivity index (χ1) is 10.3. The zero-order chi connectivity index (χ0) is 16.9. The molecule has 0 radical (unpaired) electrons. The highest BCUT2D eigenvalue weighted by atomic mass is 19.4. The Bertz CT molecular complexity index is 466. The van der Waals surface area contributed by atoms with Gasteiger partial charge in [-0.15, -0.1) is 0 Å². The van der Waals surface area contributed by atoms with Crippen molar-refractivity contribution >= 4 is 0 Å². The molecule has 4 heteroatoms. The maximum Gasteiger partial charge on any atom is 0.416 e. The summed E-state index contributed by atoms with van der Waals surface area (Å²) in [5.41, 5.74) is 1.02. The number of hydrogen-bond acceptors (Lipinski definition) is 1. The molecule has 1 heterocycles. The lowest BCUT2D eigenvalue weighted by molar-refractivity contribution is -0.137. The van der Waals surface area contributed by atoms with E-state index in [1.807, 2.05) is 33.8 Å². The average Bonchev–Trinajstić information content (AvgIpc) is 2.85. The van der Waals surface area contributed by atoms with Crippen molar-refractivity contribution in [3.63, 3.8) is 0 Å². The summed E-state index contributed by atoms with van der Waals surface area (Å²) in [6.07, 6.45) is -3.13. The summed E-state index contributed by atoms with van der Waals surface area (Å²) in [6, 6.07) is 4.50. The Labute approximate surface area is 132 Å². The third kappa shape index (κ3) is 5.31. The van der Waals surface area contributed by atoms with Crippen LogP contribution >= 0.6 is 0 Å². The number of likely N-dealkylation sites (tertiary alicyclic amines) is 1. The molecule has 0 amide bonds. The zero-order valence-corrected chi connectivity index (χ0v) is 14.3. The number of rotatable bonds is 3. The van der Waals surface area contributed by atoms with E-state index in [1.54, 1.807) is 0 Å². The maximum absolute atomic E-state index is 13.0. The second-order valence-electron chi connectivity index (χ2n) is 6.24. The molecule has 1 atom stereocenters. The Hall–Kier alpha value is -1.03. The van der Waals surface area contributed by atoms with Gasteiger partial charge in [0.05, 0.1) is 5.56 Å². The molecule has 0 saturated carbocycles. The van der Waals surface area contributed by atoms with Crippen LogP contribution in [0.4, 0.5) is 13.2 Å². The Kier molecular flexibility index (Phi) is 6.92. The molecule has 0 bridgehead atoms. The van der Waals surface area contributed by atoms with Crippen LogP contribution < -0.4 is 0 Å². The van der Waals surface area contributed by atoms with Crippen molar-refractivity contribution in [3.05, 3.63) is 34.9 Å². The minimum absolute atomic E-state index is 0.105. The molecular formula is C18H28F3N. The standard InChI is InChI=1S/C16H22F3N.C2H6/c1-11(2)14-6-13(7-15(8-14)16(17,18)19)10-20-5-4-12(3)9-20;1-2/h6-8,11-12H,4-5,9-10H2,1-3H3;1-2H3/t12-;/m1./s1. The third-order valence-electron chi connectivity index (χ3n) is 3.92. The lowest BCUT2D eigenvalue weighted by Gasteiger charge is -2.19. The molecule has 0 N–H and O–H groups in total. The first-order valence-corrected chi connectivity index (χ1v) is 8.19. The molecule has 2 rings (SSSR count). The van der Waals surface area contributed by atoms with Crippen molar-refractivity contribution in [1.82, 2.24) is 4.90 Å². The fourth-order valence-corrected chi connectivity index (χ4v) is 2.73. The van der Waals surface area contributed by atoms with E-state index in [0.717, 1.165) is 30.6 Å². The number of hydrogen-bond donors (Lipinski definition) is 0. The van der Waals surface area contributed by atoms with E-state index in [1.165, 1.54) is 12.1 Å². The molecule has 1 aromatic carbocycles. The van der Waals surface area contributed by atoms with Crippen LogP contribution in [0.25, 0.3) is 0 Å². The fourth-order valence-electron chi connectivity index (χ4n) is 2.73. The Balaban J connectivity index is 0.00000116. The van der Waals surface area contributed by atoms with Crippen molar-refractivity contribution in [2.75, 3.05) is 13.1 Å². The lowest BCUT2D eigenvalue weighted by Crippen LogP contribution is -2.20. The van der Waals surface area contributed by atoms with E-state index >= 15 is 0 Å². The van der Waals surface area contributed by atoms with Gasteiger partial charge in [-0.2, -0.15) is 13.2 Å². The van der Waals surface area contributed by atoms with Gasteiger partial charge in [0, 0.05) is 13.1 Å². The van der Waals surface area contributed by atoms with Gasteiger partial charge in [0.1, 0.15) is 0 Å². The summed E-state index contributed by atoms with van der Waals surface area (Å²) < 4.78 is 38.9. The fraction of sp³-hybridized carbons (Fsp3) is 0.667. The molecule has 0 aliphatic carbocycles. The molecule has 0 aromatic heterocycles. The number of halogens is 3. The van der Waals surface area contributed by atoms with Gasteiger partial charge in [-0.3, -0.25) is 4.90 Å². The molecule has 1 fully saturated rings. The van der Waals surface area contributed by atoms with Gasteiger partial charge >= 0.3 is 6.18 Å². The van der Waals surface area contributed by atoms with E-state index < -0.39 is 11.7 Å². The van der Waals surface area contributed by atoms with E-state index in [0.29, 0.717) is 12.5 Å². The van der Waals surface area contributed by atoms with Crippen molar-refractivity contribution < 1.29 is 13.2 Å². The van der Waals surface area contributed by atoms with Gasteiger partial charge < -0.3 is 0 Å². The second kappa shape index (κ2) is 8.00. The number of benzene rings is 1. The third-order valence-corrected chi connectivity index (χ3v) is 3.92. The summed E-state index contributed by atoms with van der Waals surface area (Å²) in [5, 5.41) is 0. The molecule has 22 heavy (non-hydrogen) atoms. The summed E-state index contributed by atoms with van der Waals surface area (Å²) in [7, 11) is 0. The topological polar surface area (TPSA) is 3.24 Å². The van der Waals surface area contributed by atoms with E-state index in [-0.39, 0.29) is 5.92 Å². The quantitative estimate of drug-likeness (QED) is 0.692. The monoisotopic (exact) mass is 315 g/mol. The first kappa shape index (κ1) is 19.0. The van der Waals surface area contributed by atoms with Crippen LogP contribution in [0.2, 0.25) is 0 Å². The van der Waals surface area contributed by atoms with Crippen molar-refractivity contribution in [3.8, 4) is 0 Å². The summed E-state index contributed by atoms with van der Waals surface area (Å²) in [5.74, 6) is 0.749. The highest BCUT2D eigenvalue weighted by Gasteiger charge is 2.31. The summed E-state index contributed by atoms with van der Waals surface area (Å²) >= 11 is 0. The molecule has 1 aliphatic heterocycles. The molecule has 126 valence electrons. The van der Waals surface area contributed by atoms with Gasteiger partial charge in [-0.25, -0.2) is 0 Å². The minimum Gasteiger partial charge on any atom is -0.299 e. The van der Waals surface area contributed by atoms with Gasteiger partial charge in [-0.05, 0) is 48.1 Å². The van der Waals surface area contributed by atoms with Crippen LogP contribution in [0.15, 0.2) is 18.2 Å². The van der Waals surface area contributed by atoms with Gasteiger partial charge in [0.15, 0.2) is 0 Å². The first-order valence-electron chi connectivity index (χ1n) is 8.19. The van der Waals surface area contributed by atoms with Crippen LogP contribution in [-0.4, -0.2) is 18.0 Å². The largest absolute Gasteiger partial charge is 0.416 e. The molecule has 1 aromatic rings. The van der Waals surface area contributed by atoms with Crippen molar-refractivity contribution in [2.24, 2.45) is 5.92 Å². The average molecular weight is 315 g/mol. The van der Waals surface area contributed by atoms with Crippen molar-refractivity contribution in [2.45, 2.75) is 59.7 Å². The van der Waals surface area contributed by atoms with E-state index in [9.17, 15) is 13.2 Å². The van der Waals surface area contributed by atoms with Crippen LogP contribution in [0.5, 0.6) is 0 Å². The normalized spacial score (nSPS) is 19.2. The van der Waals surface area contributed by atoms with Gasteiger partial charge in [0.25, 0.3) is 0 Å². The minimum atomic E-state index is -4.27. The highest BCUT2D eigenvalue weighted by Crippen LogP contribution is 2.33. The van der Waals surface area contributed by atoms with E-state index in [2.05, 4.69) is 11.8 Å². The summed E-state index contributed by atoms with van der Waals surface area (Å²) in [4.78, 5) is 2.24. The number of nitrogens with zero attached hydrogens (tertiary/aromatic N) is 1. The second-order valence-corrected chi connectivity index (χ2v) is 6.24. The molecule has 0 unspecified atom stereocenters. The molecule has 1 nitrogen and oxygen atoms in total. The Morgan fingerprint density at radius 3 is 2.27 bits per heavy atom. The smallest absolute Gasteiger partial charge is 0.299 e. The van der Waals surface area contributed by atoms with Crippen molar-refractivity contribution in [1.29, 1.82) is 0 Å². The predicted octanol–water partition coefficient (Wildman–Crippen LogP) is 5.70. The Morgan fingerprint density at radius 1 is 1.18 bits per heavy atom. The number of alkyl halides is 3. The molecular weight excluding hydrogens is 287 g/mol. The van der Waals surface area contributed by atoms with E-state index in [4.69, 9.17) is 0 Å². The SMILES string of the molecule is CC.CC(C)c1cc(CN2CC[C@@H](C)C2)cc(C(F)(F)F)c1. The highest BCUT2D eigenvalue weighted by molar-refractivity contribution is 5.33. The zero-order valence-electron chi connectivity index (χ0n) is 14.3. The molecule has 1 saturated heterocycles. The predicted molar refractivity (Wildman–Crippen MR) is 85.9 cm³/mol. The van der Waals surface area contributed by atoms with Gasteiger partial charge in [-0.1, -0.05) is 40.7 Å². The van der Waals surface area contributed by atoms with Crippen LogP contribution in [0.1, 0.15) is 63.6 Å². The summed E-state index contributed by atoms with van der Waals surface area (Å²) in [6.45, 7) is 12.6. The van der Waals surface area contributed by atoms with Crippen LogP contribution in [-0.2, 0) is 12.7 Å². The van der Waals surface area contributed by atoms with Crippen LogP contribution in [0.3, 0.4) is 0 Å². The van der Waals surface area contributed by atoms with Gasteiger partial charge in [0.2, 0.25) is 0 Å².